The molecule has 0 fully saturated rings. The first-order chi connectivity index (χ1) is 10.1. The molecule has 0 aliphatic heterocycles. The normalized spacial score (nSPS) is 10.2. The second kappa shape index (κ2) is 7.09. The fourth-order valence-corrected chi connectivity index (χ4v) is 2.30. The molecule has 5 heteroatoms. The Bertz CT molecular complexity index is 630. The molecule has 0 aliphatic carbocycles. The quantitative estimate of drug-likeness (QED) is 0.924. The Hall–Kier alpha value is -2.07. The molecule has 0 bridgehead atoms. The predicted molar refractivity (Wildman–Crippen MR) is 83.0 cm³/mol. The van der Waals surface area contributed by atoms with Gasteiger partial charge in [0.25, 0.3) is 5.91 Å². The molecule has 21 heavy (non-hydrogen) atoms. The Morgan fingerprint density at radius 2 is 2.24 bits per heavy atom. The zero-order valence-electron chi connectivity index (χ0n) is 12.0. The summed E-state index contributed by atoms with van der Waals surface area (Å²) in [6, 6.07) is 7.26. The molecule has 0 atom stereocenters. The Labute approximate surface area is 129 Å². The number of methoxy groups -OCH3 is 1. The van der Waals surface area contributed by atoms with Gasteiger partial charge in [-0.15, -0.1) is 0 Å². The second-order valence-electron chi connectivity index (χ2n) is 4.66. The van der Waals surface area contributed by atoms with Crippen LogP contribution in [-0.2, 0) is 6.42 Å². The summed E-state index contributed by atoms with van der Waals surface area (Å²) in [5.74, 6) is 0.540. The van der Waals surface area contributed by atoms with E-state index in [1.165, 1.54) is 0 Å². The van der Waals surface area contributed by atoms with Crippen molar-refractivity contribution >= 4 is 17.5 Å². The molecular weight excluding hydrogens is 288 g/mol. The maximum atomic E-state index is 11.9. The smallest absolute Gasteiger partial charge is 0.252 e. The van der Waals surface area contributed by atoms with Crippen molar-refractivity contribution < 1.29 is 9.53 Å². The first-order valence-corrected chi connectivity index (χ1v) is 7.01. The van der Waals surface area contributed by atoms with E-state index in [2.05, 4.69) is 10.3 Å². The lowest BCUT2D eigenvalue weighted by atomic mass is 10.1. The summed E-state index contributed by atoms with van der Waals surface area (Å²) in [7, 11) is 1.59. The lowest BCUT2D eigenvalue weighted by Gasteiger charge is -2.11. The van der Waals surface area contributed by atoms with Crippen molar-refractivity contribution in [1.82, 2.24) is 10.3 Å². The van der Waals surface area contributed by atoms with Gasteiger partial charge in [0.15, 0.2) is 0 Å². The summed E-state index contributed by atoms with van der Waals surface area (Å²) < 4.78 is 5.17. The maximum Gasteiger partial charge on any atom is 0.252 e. The van der Waals surface area contributed by atoms with E-state index in [1.807, 2.05) is 19.1 Å². The number of amides is 1. The van der Waals surface area contributed by atoms with E-state index in [0.717, 1.165) is 11.1 Å². The summed E-state index contributed by atoms with van der Waals surface area (Å²) in [6.07, 6.45) is 3.89. The molecule has 4 nitrogen and oxygen atoms in total. The Balaban J connectivity index is 1.95. The second-order valence-corrected chi connectivity index (χ2v) is 5.07. The fourth-order valence-electron chi connectivity index (χ4n) is 2.03. The fraction of sp³-hybridized carbons (Fsp3) is 0.250. The van der Waals surface area contributed by atoms with Crippen molar-refractivity contribution in [2.75, 3.05) is 13.7 Å². The molecule has 0 aliphatic rings. The van der Waals surface area contributed by atoms with E-state index in [9.17, 15) is 4.79 Å². The highest BCUT2D eigenvalue weighted by molar-refractivity contribution is 6.32. The molecule has 1 heterocycles. The topological polar surface area (TPSA) is 51.2 Å². The largest absolute Gasteiger partial charge is 0.495 e. The molecule has 0 unspecified atom stereocenters. The van der Waals surface area contributed by atoms with Crippen LogP contribution in [0.3, 0.4) is 0 Å². The molecule has 2 aromatic rings. The van der Waals surface area contributed by atoms with Crippen LogP contribution >= 0.6 is 11.6 Å². The molecule has 1 amide bonds. The molecule has 2 rings (SSSR count). The summed E-state index contributed by atoms with van der Waals surface area (Å²) in [5, 5.41) is 3.45. The molecule has 0 spiro atoms. The van der Waals surface area contributed by atoms with E-state index in [0.29, 0.717) is 29.3 Å². The number of rotatable bonds is 5. The van der Waals surface area contributed by atoms with Crippen molar-refractivity contribution in [1.29, 1.82) is 0 Å². The van der Waals surface area contributed by atoms with Gasteiger partial charge in [-0.05, 0) is 48.7 Å². The molecule has 1 aromatic heterocycles. The summed E-state index contributed by atoms with van der Waals surface area (Å²) in [4.78, 5) is 15.8. The van der Waals surface area contributed by atoms with Gasteiger partial charge in [-0.25, -0.2) is 0 Å². The van der Waals surface area contributed by atoms with Gasteiger partial charge >= 0.3 is 0 Å². The van der Waals surface area contributed by atoms with Crippen LogP contribution in [0.15, 0.2) is 36.7 Å². The van der Waals surface area contributed by atoms with Crippen LogP contribution in [-0.4, -0.2) is 24.5 Å². The number of hydrogen-bond donors (Lipinski definition) is 1. The first kappa shape index (κ1) is 15.3. The summed E-state index contributed by atoms with van der Waals surface area (Å²) in [6.45, 7) is 2.54. The molecule has 110 valence electrons. The van der Waals surface area contributed by atoms with Gasteiger partial charge in [-0.1, -0.05) is 11.6 Å². The number of aryl methyl sites for hydroxylation is 1. The minimum Gasteiger partial charge on any atom is -0.495 e. The van der Waals surface area contributed by atoms with E-state index >= 15 is 0 Å². The first-order valence-electron chi connectivity index (χ1n) is 6.63. The van der Waals surface area contributed by atoms with Gasteiger partial charge in [0.1, 0.15) is 5.75 Å². The number of pyridine rings is 1. The third kappa shape index (κ3) is 3.95. The highest BCUT2D eigenvalue weighted by Crippen LogP contribution is 2.27. The Morgan fingerprint density at radius 3 is 2.90 bits per heavy atom. The average molecular weight is 305 g/mol. The number of nitrogens with one attached hydrogen (secondary N) is 1. The third-order valence-electron chi connectivity index (χ3n) is 3.21. The lowest BCUT2D eigenvalue weighted by Crippen LogP contribution is -2.25. The van der Waals surface area contributed by atoms with Crippen LogP contribution in [0.1, 0.15) is 21.5 Å². The van der Waals surface area contributed by atoms with Crippen LogP contribution in [0.2, 0.25) is 5.02 Å². The van der Waals surface area contributed by atoms with Crippen LogP contribution in [0.5, 0.6) is 5.75 Å². The summed E-state index contributed by atoms with van der Waals surface area (Å²) >= 11 is 6.12. The monoisotopic (exact) mass is 304 g/mol. The van der Waals surface area contributed by atoms with E-state index in [4.69, 9.17) is 16.3 Å². The number of aromatic nitrogens is 1. The van der Waals surface area contributed by atoms with Gasteiger partial charge < -0.3 is 10.1 Å². The zero-order chi connectivity index (χ0) is 15.2. The Kier molecular flexibility index (Phi) is 5.17. The van der Waals surface area contributed by atoms with Gasteiger partial charge in [0.2, 0.25) is 0 Å². The number of ether oxygens (including phenoxy) is 1. The standard InChI is InChI=1S/C16H17ClN2O2/c1-11-8-15(21-2)14(17)9-12(11)5-7-19-16(20)13-4-3-6-18-10-13/h3-4,6,8-10H,5,7H2,1-2H3,(H,19,20). The maximum absolute atomic E-state index is 11.9. The molecule has 0 saturated carbocycles. The number of carbonyl (C=O) groups is 1. The average Bonchev–Trinajstić information content (AvgIpc) is 2.51. The SMILES string of the molecule is COc1cc(C)c(CCNC(=O)c2cccnc2)cc1Cl. The molecule has 0 saturated heterocycles. The van der Waals surface area contributed by atoms with E-state index < -0.39 is 0 Å². The van der Waals surface area contributed by atoms with E-state index in [-0.39, 0.29) is 5.91 Å². The van der Waals surface area contributed by atoms with Crippen LogP contribution in [0.25, 0.3) is 0 Å². The number of benzene rings is 1. The van der Waals surface area contributed by atoms with Crippen molar-refractivity contribution in [2.45, 2.75) is 13.3 Å². The van der Waals surface area contributed by atoms with Gasteiger partial charge in [0.05, 0.1) is 17.7 Å². The highest BCUT2D eigenvalue weighted by Gasteiger charge is 2.08. The van der Waals surface area contributed by atoms with Gasteiger partial charge in [-0.2, -0.15) is 0 Å². The van der Waals surface area contributed by atoms with Gasteiger partial charge in [0, 0.05) is 18.9 Å². The number of carbonyl (C=O) groups excluding carboxylic acids is 1. The predicted octanol–water partition coefficient (Wildman–Crippen LogP) is 3.02. The lowest BCUT2D eigenvalue weighted by molar-refractivity contribution is 0.0953. The molecule has 0 radical (unpaired) electrons. The minimum absolute atomic E-state index is 0.125. The van der Waals surface area contributed by atoms with Crippen molar-refractivity contribution in [2.24, 2.45) is 0 Å². The molecule has 1 aromatic carbocycles. The number of halogens is 1. The van der Waals surface area contributed by atoms with Crippen LogP contribution in [0.4, 0.5) is 0 Å². The number of nitrogens with zero attached hydrogens (tertiary/aromatic N) is 1. The van der Waals surface area contributed by atoms with Crippen molar-refractivity contribution in [3.05, 3.63) is 58.4 Å². The Morgan fingerprint density at radius 1 is 1.43 bits per heavy atom. The van der Waals surface area contributed by atoms with Crippen molar-refractivity contribution in [3.63, 3.8) is 0 Å². The van der Waals surface area contributed by atoms with Crippen molar-refractivity contribution in [3.8, 4) is 5.75 Å². The number of hydrogen-bond acceptors (Lipinski definition) is 3. The molecule has 1 N–H and O–H groups in total. The minimum atomic E-state index is -0.125. The zero-order valence-corrected chi connectivity index (χ0v) is 12.8. The van der Waals surface area contributed by atoms with Gasteiger partial charge in [-0.3, -0.25) is 9.78 Å². The van der Waals surface area contributed by atoms with Crippen LogP contribution < -0.4 is 10.1 Å². The molecular formula is C16H17ClN2O2. The van der Waals surface area contributed by atoms with E-state index in [1.54, 1.807) is 31.6 Å². The summed E-state index contributed by atoms with van der Waals surface area (Å²) in [5.41, 5.74) is 2.74. The van der Waals surface area contributed by atoms with Crippen LogP contribution in [0, 0.1) is 6.92 Å². The third-order valence-corrected chi connectivity index (χ3v) is 3.51. The highest BCUT2D eigenvalue weighted by atomic mass is 35.5.